The van der Waals surface area contributed by atoms with E-state index in [9.17, 15) is 9.90 Å². The molecule has 8 heteroatoms. The monoisotopic (exact) mass is 382 g/mol. The van der Waals surface area contributed by atoms with Gasteiger partial charge in [-0.15, -0.1) is 0 Å². The predicted octanol–water partition coefficient (Wildman–Crippen LogP) is 3.63. The molecule has 2 N–H and O–H groups in total. The number of amides is 1. The van der Waals surface area contributed by atoms with E-state index in [0.29, 0.717) is 27.8 Å². The average molecular weight is 383 g/mol. The van der Waals surface area contributed by atoms with Gasteiger partial charge in [-0.25, -0.2) is 5.43 Å². The largest absolute Gasteiger partial charge is 0.506 e. The molecule has 0 aliphatic heterocycles. The van der Waals surface area contributed by atoms with Crippen LogP contribution in [0.3, 0.4) is 0 Å². The molecule has 2 aromatic rings. The van der Waals surface area contributed by atoms with Crippen molar-refractivity contribution in [3.8, 4) is 17.2 Å². The van der Waals surface area contributed by atoms with Gasteiger partial charge in [0, 0.05) is 10.6 Å². The van der Waals surface area contributed by atoms with Crippen LogP contribution in [0, 0.1) is 0 Å². The Morgan fingerprint density at radius 1 is 1.24 bits per heavy atom. The van der Waals surface area contributed by atoms with Gasteiger partial charge in [0.25, 0.3) is 5.91 Å². The Labute approximate surface area is 155 Å². The number of carbonyl (C=O) groups is 1. The fourth-order valence-corrected chi connectivity index (χ4v) is 2.46. The third-order valence-corrected chi connectivity index (χ3v) is 3.70. The molecule has 132 valence electrons. The lowest BCUT2D eigenvalue weighted by atomic mass is 10.1. The Hall–Kier alpha value is -2.44. The van der Waals surface area contributed by atoms with Crippen molar-refractivity contribution in [1.29, 1.82) is 0 Å². The summed E-state index contributed by atoms with van der Waals surface area (Å²) in [5.41, 5.74) is 3.00. The van der Waals surface area contributed by atoms with Gasteiger partial charge in [-0.2, -0.15) is 5.10 Å². The number of ether oxygens (including phenoxy) is 2. The van der Waals surface area contributed by atoms with Gasteiger partial charge in [0.2, 0.25) is 0 Å². The molecule has 6 nitrogen and oxygen atoms in total. The van der Waals surface area contributed by atoms with E-state index in [-0.39, 0.29) is 17.4 Å². The number of para-hydroxylation sites is 2. The topological polar surface area (TPSA) is 80.2 Å². The molecule has 0 heterocycles. The Bertz CT molecular complexity index is 809. The smallest absolute Gasteiger partial charge is 0.277 e. The number of hydrogen-bond donors (Lipinski definition) is 2. The number of nitrogens with one attached hydrogen (secondary N) is 1. The summed E-state index contributed by atoms with van der Waals surface area (Å²) in [6.45, 7) is 1.35. The summed E-state index contributed by atoms with van der Waals surface area (Å²) in [6.07, 6.45) is 0. The van der Waals surface area contributed by atoms with E-state index in [4.69, 9.17) is 32.7 Å². The second-order valence-corrected chi connectivity index (χ2v) is 5.80. The van der Waals surface area contributed by atoms with Crippen LogP contribution in [-0.4, -0.2) is 30.4 Å². The average Bonchev–Trinajstić information content (AvgIpc) is 2.61. The first-order chi connectivity index (χ1) is 11.9. The Morgan fingerprint density at radius 3 is 2.60 bits per heavy atom. The van der Waals surface area contributed by atoms with E-state index >= 15 is 0 Å². The zero-order chi connectivity index (χ0) is 18.4. The first kappa shape index (κ1) is 18.9. The van der Waals surface area contributed by atoms with Crippen molar-refractivity contribution in [2.75, 3.05) is 13.7 Å². The van der Waals surface area contributed by atoms with Crippen molar-refractivity contribution in [3.63, 3.8) is 0 Å². The number of phenolic OH excluding ortho intramolecular Hbond substituents is 1. The van der Waals surface area contributed by atoms with Crippen LogP contribution in [0.5, 0.6) is 17.2 Å². The number of methoxy groups -OCH3 is 1. The third-order valence-electron chi connectivity index (χ3n) is 3.19. The summed E-state index contributed by atoms with van der Waals surface area (Å²) in [7, 11) is 1.51. The van der Waals surface area contributed by atoms with Crippen molar-refractivity contribution in [3.05, 3.63) is 52.0 Å². The van der Waals surface area contributed by atoms with E-state index in [2.05, 4.69) is 10.5 Å². The van der Waals surface area contributed by atoms with Crippen LogP contribution in [0.1, 0.15) is 12.5 Å². The van der Waals surface area contributed by atoms with Crippen LogP contribution in [0.2, 0.25) is 10.0 Å². The first-order valence-electron chi connectivity index (χ1n) is 7.19. The lowest BCUT2D eigenvalue weighted by Gasteiger charge is -2.10. The summed E-state index contributed by atoms with van der Waals surface area (Å²) in [5, 5.41) is 14.3. The van der Waals surface area contributed by atoms with Crippen LogP contribution in [0.15, 0.2) is 41.5 Å². The predicted molar refractivity (Wildman–Crippen MR) is 97.0 cm³/mol. The van der Waals surface area contributed by atoms with Crippen molar-refractivity contribution in [2.45, 2.75) is 6.92 Å². The molecule has 2 rings (SSSR count). The number of nitrogens with zero attached hydrogens (tertiary/aromatic N) is 1. The molecule has 0 aliphatic carbocycles. The Kier molecular flexibility index (Phi) is 6.50. The second-order valence-electron chi connectivity index (χ2n) is 4.96. The molecule has 0 saturated heterocycles. The fourth-order valence-electron chi connectivity index (χ4n) is 1.96. The van der Waals surface area contributed by atoms with Crippen molar-refractivity contribution < 1.29 is 19.4 Å². The maximum Gasteiger partial charge on any atom is 0.277 e. The Morgan fingerprint density at radius 2 is 1.92 bits per heavy atom. The van der Waals surface area contributed by atoms with E-state index in [1.165, 1.54) is 19.2 Å². The number of halogens is 2. The van der Waals surface area contributed by atoms with Crippen molar-refractivity contribution in [2.24, 2.45) is 5.10 Å². The highest BCUT2D eigenvalue weighted by Crippen LogP contribution is 2.31. The zero-order valence-corrected chi connectivity index (χ0v) is 15.1. The molecule has 0 atom stereocenters. The number of phenols is 1. The number of rotatable bonds is 6. The fraction of sp³-hybridized carbons (Fsp3) is 0.176. The Balaban J connectivity index is 2.00. The van der Waals surface area contributed by atoms with Crippen molar-refractivity contribution >= 4 is 34.8 Å². The molecule has 0 saturated carbocycles. The minimum atomic E-state index is -0.474. The number of benzene rings is 2. The molecule has 0 aliphatic rings. The molecular weight excluding hydrogens is 367 g/mol. The normalized spacial score (nSPS) is 11.1. The summed E-state index contributed by atoms with van der Waals surface area (Å²) >= 11 is 11.8. The molecule has 0 unspecified atom stereocenters. The number of hydrogen-bond acceptors (Lipinski definition) is 5. The summed E-state index contributed by atoms with van der Waals surface area (Å²) in [4.78, 5) is 11.9. The van der Waals surface area contributed by atoms with Crippen LogP contribution in [0.4, 0.5) is 0 Å². The summed E-state index contributed by atoms with van der Waals surface area (Å²) in [5.74, 6) is 0.332. The third kappa shape index (κ3) is 5.01. The molecule has 0 fully saturated rings. The SMILES string of the molecule is COc1ccccc1OCC(=O)N/N=C(\C)c1cc(Cl)cc(Cl)c1O. The van der Waals surface area contributed by atoms with Gasteiger partial charge in [-0.1, -0.05) is 35.3 Å². The van der Waals surface area contributed by atoms with Crippen LogP contribution < -0.4 is 14.9 Å². The lowest BCUT2D eigenvalue weighted by molar-refractivity contribution is -0.123. The summed E-state index contributed by atoms with van der Waals surface area (Å²) < 4.78 is 10.5. The van der Waals surface area contributed by atoms with E-state index < -0.39 is 5.91 Å². The highest BCUT2D eigenvalue weighted by molar-refractivity contribution is 6.36. The summed E-state index contributed by atoms with van der Waals surface area (Å²) in [6, 6.07) is 9.88. The highest BCUT2D eigenvalue weighted by Gasteiger charge is 2.11. The van der Waals surface area contributed by atoms with Gasteiger partial charge in [0.05, 0.1) is 17.8 Å². The minimum absolute atomic E-state index is 0.0999. The van der Waals surface area contributed by atoms with Gasteiger partial charge < -0.3 is 14.6 Å². The number of hydrazone groups is 1. The molecule has 0 radical (unpaired) electrons. The van der Waals surface area contributed by atoms with Crippen LogP contribution in [-0.2, 0) is 4.79 Å². The molecular formula is C17H16Cl2N2O4. The molecule has 0 bridgehead atoms. The highest BCUT2D eigenvalue weighted by atomic mass is 35.5. The second kappa shape index (κ2) is 8.60. The van der Waals surface area contributed by atoms with E-state index in [1.807, 2.05) is 0 Å². The molecule has 2 aromatic carbocycles. The van der Waals surface area contributed by atoms with E-state index in [1.54, 1.807) is 31.2 Å². The van der Waals surface area contributed by atoms with Crippen LogP contribution >= 0.6 is 23.2 Å². The molecule has 0 spiro atoms. The maximum atomic E-state index is 11.9. The van der Waals surface area contributed by atoms with Crippen LogP contribution in [0.25, 0.3) is 0 Å². The molecule has 1 amide bonds. The van der Waals surface area contributed by atoms with Gasteiger partial charge >= 0.3 is 0 Å². The minimum Gasteiger partial charge on any atom is -0.506 e. The molecule has 0 aromatic heterocycles. The van der Waals surface area contributed by atoms with Gasteiger partial charge in [-0.3, -0.25) is 4.79 Å². The molecule has 25 heavy (non-hydrogen) atoms. The number of carbonyl (C=O) groups excluding carboxylic acids is 1. The first-order valence-corrected chi connectivity index (χ1v) is 7.95. The maximum absolute atomic E-state index is 11.9. The lowest BCUT2D eigenvalue weighted by Crippen LogP contribution is -2.25. The van der Waals surface area contributed by atoms with E-state index in [0.717, 1.165) is 0 Å². The standard InChI is InChI=1S/C17H16Cl2N2O4/c1-10(12-7-11(18)8-13(19)17(12)23)20-21-16(22)9-25-15-6-4-3-5-14(15)24-2/h3-8,23H,9H2,1-2H3,(H,21,22)/b20-10+. The number of aromatic hydroxyl groups is 1. The van der Waals surface area contributed by atoms with Gasteiger partial charge in [-0.05, 0) is 31.2 Å². The van der Waals surface area contributed by atoms with Gasteiger partial charge in [0.1, 0.15) is 5.75 Å². The van der Waals surface area contributed by atoms with Gasteiger partial charge in [0.15, 0.2) is 18.1 Å². The zero-order valence-electron chi connectivity index (χ0n) is 13.5. The quantitative estimate of drug-likeness (QED) is 0.590. The van der Waals surface area contributed by atoms with Crippen molar-refractivity contribution in [1.82, 2.24) is 5.43 Å².